The molecule has 0 bridgehead atoms. The highest BCUT2D eigenvalue weighted by atomic mass is 79.9. The van der Waals surface area contributed by atoms with Crippen molar-refractivity contribution >= 4 is 78.3 Å². The molecule has 1 amide bonds. The third-order valence-corrected chi connectivity index (χ3v) is 6.08. The normalized spacial score (nSPS) is 11.0. The molecule has 0 fully saturated rings. The van der Waals surface area contributed by atoms with E-state index in [0.717, 1.165) is 20.8 Å². The Morgan fingerprint density at radius 2 is 1.76 bits per heavy atom. The Labute approximate surface area is 207 Å². The van der Waals surface area contributed by atoms with Crippen LogP contribution in [0, 0.1) is 0 Å². The lowest BCUT2D eigenvalue weighted by molar-refractivity contribution is 0.0979. The number of hydrogen-bond acceptors (Lipinski definition) is 4. The van der Waals surface area contributed by atoms with Crippen LogP contribution in [0.3, 0.4) is 0 Å². The largest absolute Gasteiger partial charge is 0.436 e. The van der Waals surface area contributed by atoms with E-state index in [1.54, 1.807) is 18.2 Å². The molecule has 0 spiro atoms. The van der Waals surface area contributed by atoms with Gasteiger partial charge in [-0.3, -0.25) is 10.1 Å². The van der Waals surface area contributed by atoms with Crippen LogP contribution in [0.4, 0.5) is 5.69 Å². The summed E-state index contributed by atoms with van der Waals surface area (Å²) in [7, 11) is 0. The summed E-state index contributed by atoms with van der Waals surface area (Å²) in [5.41, 5.74) is 3.37. The number of hydrogen-bond donors (Lipinski definition) is 2. The predicted molar refractivity (Wildman–Crippen MR) is 140 cm³/mol. The van der Waals surface area contributed by atoms with E-state index in [0.29, 0.717) is 33.3 Å². The Morgan fingerprint density at radius 3 is 2.61 bits per heavy atom. The molecule has 0 aliphatic carbocycles. The van der Waals surface area contributed by atoms with Crippen molar-refractivity contribution in [3.8, 4) is 11.5 Å². The molecule has 0 unspecified atom stereocenters. The maximum Gasteiger partial charge on any atom is 0.258 e. The number of carbonyl (C=O) groups excluding carboxylic acids is 1. The first kappa shape index (κ1) is 21.6. The van der Waals surface area contributed by atoms with Gasteiger partial charge in [-0.2, -0.15) is 0 Å². The van der Waals surface area contributed by atoms with Crippen molar-refractivity contribution in [2.45, 2.75) is 0 Å². The molecule has 4 aromatic carbocycles. The van der Waals surface area contributed by atoms with Crippen LogP contribution in [-0.2, 0) is 0 Å². The minimum Gasteiger partial charge on any atom is -0.436 e. The molecule has 8 heteroatoms. The number of benzene rings is 4. The maximum absolute atomic E-state index is 12.9. The molecule has 0 aliphatic rings. The van der Waals surface area contributed by atoms with Crippen LogP contribution in [0.2, 0.25) is 5.02 Å². The number of nitrogens with one attached hydrogen (secondary N) is 2. The van der Waals surface area contributed by atoms with Crippen LogP contribution >= 0.6 is 39.7 Å². The summed E-state index contributed by atoms with van der Waals surface area (Å²) in [6, 6.07) is 24.0. The van der Waals surface area contributed by atoms with E-state index < -0.39 is 0 Å². The van der Waals surface area contributed by atoms with Crippen molar-refractivity contribution in [2.24, 2.45) is 0 Å². The molecule has 0 saturated carbocycles. The SMILES string of the molecule is O=C(NC(=S)Nc1ccc2oc(-c3cccc(Br)c3)nc2c1)c1cccc2c(Cl)cccc12. The molecule has 2 N–H and O–H groups in total. The Bertz CT molecular complexity index is 1550. The molecular weight excluding hydrogens is 522 g/mol. The molecule has 5 nitrogen and oxygen atoms in total. The van der Waals surface area contributed by atoms with Gasteiger partial charge in [0.15, 0.2) is 10.7 Å². The summed E-state index contributed by atoms with van der Waals surface area (Å²) in [5.74, 6) is 0.203. The Balaban J connectivity index is 1.34. The van der Waals surface area contributed by atoms with Gasteiger partial charge in [-0.15, -0.1) is 0 Å². The van der Waals surface area contributed by atoms with E-state index >= 15 is 0 Å². The topological polar surface area (TPSA) is 67.2 Å². The number of aromatic nitrogens is 1. The number of fused-ring (bicyclic) bond motifs is 2. The molecule has 0 radical (unpaired) electrons. The van der Waals surface area contributed by atoms with Gasteiger partial charge in [0.2, 0.25) is 5.89 Å². The predicted octanol–water partition coefficient (Wildman–Crippen LogP) is 7.19. The fraction of sp³-hybridized carbons (Fsp3) is 0. The molecule has 1 heterocycles. The van der Waals surface area contributed by atoms with E-state index in [4.69, 9.17) is 28.2 Å². The Kier molecular flexibility index (Phi) is 5.85. The third kappa shape index (κ3) is 4.48. The number of halogens is 2. The maximum atomic E-state index is 12.9. The van der Waals surface area contributed by atoms with Crippen LogP contribution in [0.15, 0.2) is 87.8 Å². The molecule has 5 rings (SSSR count). The van der Waals surface area contributed by atoms with Crippen molar-refractivity contribution in [3.63, 3.8) is 0 Å². The molecule has 1 aromatic heterocycles. The van der Waals surface area contributed by atoms with Crippen LogP contribution in [0.25, 0.3) is 33.3 Å². The lowest BCUT2D eigenvalue weighted by Gasteiger charge is -2.11. The van der Waals surface area contributed by atoms with Gasteiger partial charge >= 0.3 is 0 Å². The fourth-order valence-electron chi connectivity index (χ4n) is 3.55. The zero-order valence-electron chi connectivity index (χ0n) is 16.9. The summed E-state index contributed by atoms with van der Waals surface area (Å²) in [6.07, 6.45) is 0. The number of rotatable bonds is 3. The highest BCUT2D eigenvalue weighted by Gasteiger charge is 2.14. The van der Waals surface area contributed by atoms with E-state index in [1.807, 2.05) is 60.7 Å². The second kappa shape index (κ2) is 8.94. The molecular formula is C25H15BrClN3O2S. The Hall–Kier alpha value is -3.26. The number of carbonyl (C=O) groups is 1. The number of oxazole rings is 1. The highest BCUT2D eigenvalue weighted by Crippen LogP contribution is 2.28. The van der Waals surface area contributed by atoms with Crippen LogP contribution in [-0.4, -0.2) is 16.0 Å². The smallest absolute Gasteiger partial charge is 0.258 e. The lowest BCUT2D eigenvalue weighted by atomic mass is 10.0. The van der Waals surface area contributed by atoms with E-state index in [2.05, 4.69) is 31.5 Å². The Morgan fingerprint density at radius 1 is 0.970 bits per heavy atom. The number of thiocarbonyl (C=S) groups is 1. The van der Waals surface area contributed by atoms with Gasteiger partial charge in [-0.05, 0) is 66.1 Å². The second-order valence-corrected chi connectivity index (χ2v) is 8.99. The van der Waals surface area contributed by atoms with Crippen molar-refractivity contribution in [2.75, 3.05) is 5.32 Å². The fourth-order valence-corrected chi connectivity index (χ4v) is 4.40. The van der Waals surface area contributed by atoms with Gasteiger partial charge < -0.3 is 9.73 Å². The zero-order chi connectivity index (χ0) is 22.9. The number of amides is 1. The summed E-state index contributed by atoms with van der Waals surface area (Å²) in [4.78, 5) is 17.4. The third-order valence-electron chi connectivity index (χ3n) is 5.06. The van der Waals surface area contributed by atoms with E-state index in [-0.39, 0.29) is 11.0 Å². The monoisotopic (exact) mass is 535 g/mol. The quantitative estimate of drug-likeness (QED) is 0.239. The van der Waals surface area contributed by atoms with Gasteiger partial charge in [-0.25, -0.2) is 4.98 Å². The summed E-state index contributed by atoms with van der Waals surface area (Å²) >= 11 is 15.1. The lowest BCUT2D eigenvalue weighted by Crippen LogP contribution is -2.34. The molecule has 0 atom stereocenters. The van der Waals surface area contributed by atoms with E-state index in [1.165, 1.54) is 0 Å². The van der Waals surface area contributed by atoms with Gasteiger partial charge in [0.25, 0.3) is 5.91 Å². The first-order chi connectivity index (χ1) is 16.0. The van der Waals surface area contributed by atoms with E-state index in [9.17, 15) is 4.79 Å². The van der Waals surface area contributed by atoms with Crippen molar-refractivity contribution in [1.29, 1.82) is 0 Å². The zero-order valence-corrected chi connectivity index (χ0v) is 20.1. The summed E-state index contributed by atoms with van der Waals surface area (Å²) in [5, 5.41) is 8.10. The number of anilines is 1. The van der Waals surface area contributed by atoms with Gasteiger partial charge in [0.05, 0.1) is 0 Å². The van der Waals surface area contributed by atoms with Crippen molar-refractivity contribution in [3.05, 3.63) is 93.9 Å². The van der Waals surface area contributed by atoms with Crippen LogP contribution in [0.5, 0.6) is 0 Å². The first-order valence-electron chi connectivity index (χ1n) is 9.94. The van der Waals surface area contributed by atoms with Crippen LogP contribution < -0.4 is 10.6 Å². The van der Waals surface area contributed by atoms with Gasteiger partial charge in [0.1, 0.15) is 5.52 Å². The van der Waals surface area contributed by atoms with Crippen molar-refractivity contribution in [1.82, 2.24) is 10.3 Å². The van der Waals surface area contributed by atoms with Gasteiger partial charge in [-0.1, -0.05) is 57.9 Å². The average Bonchev–Trinajstić information content (AvgIpc) is 3.22. The van der Waals surface area contributed by atoms with Crippen molar-refractivity contribution < 1.29 is 9.21 Å². The molecule has 0 aliphatic heterocycles. The average molecular weight is 537 g/mol. The highest BCUT2D eigenvalue weighted by molar-refractivity contribution is 9.10. The molecule has 5 aromatic rings. The summed E-state index contributed by atoms with van der Waals surface area (Å²) in [6.45, 7) is 0. The summed E-state index contributed by atoms with van der Waals surface area (Å²) < 4.78 is 6.81. The minimum absolute atomic E-state index is 0.175. The van der Waals surface area contributed by atoms with Gasteiger partial charge in [0, 0.05) is 31.7 Å². The molecule has 0 saturated heterocycles. The number of nitrogens with zero attached hydrogens (tertiary/aromatic N) is 1. The molecule has 33 heavy (non-hydrogen) atoms. The van der Waals surface area contributed by atoms with Crippen LogP contribution in [0.1, 0.15) is 10.4 Å². The molecule has 162 valence electrons. The first-order valence-corrected chi connectivity index (χ1v) is 11.5. The second-order valence-electron chi connectivity index (χ2n) is 7.26. The minimum atomic E-state index is -0.320. The standard InChI is InChI=1S/C25H15BrClN3O2S/c26-15-5-1-4-14(12-15)24-29-21-13-16(10-11-22(21)32-24)28-25(33)30-23(31)19-8-2-7-18-17(19)6-3-9-20(18)27/h1-13H,(H2,28,30,31,33).